The number of aromatic nitrogens is 3. The van der Waals surface area contributed by atoms with Crippen LogP contribution in [0.3, 0.4) is 0 Å². The van der Waals surface area contributed by atoms with Gasteiger partial charge in [-0.05, 0) is 38.9 Å². The minimum Gasteiger partial charge on any atom is -0.337 e. The summed E-state index contributed by atoms with van der Waals surface area (Å²) in [4.78, 5) is 25.0. The third kappa shape index (κ3) is 3.83. The highest BCUT2D eigenvalue weighted by molar-refractivity contribution is 5.93. The van der Waals surface area contributed by atoms with E-state index in [1.54, 1.807) is 31.0 Å². The number of carbonyl (C=O) groups excluding carboxylic acids is 1. The average molecular weight is 381 g/mol. The second-order valence-corrected chi connectivity index (χ2v) is 6.11. The second kappa shape index (κ2) is 8.24. The van der Waals surface area contributed by atoms with Crippen molar-refractivity contribution in [1.29, 1.82) is 0 Å². The van der Waals surface area contributed by atoms with E-state index in [0.29, 0.717) is 11.4 Å². The van der Waals surface area contributed by atoms with Crippen LogP contribution in [0.2, 0.25) is 0 Å². The number of non-ortho nitro benzene ring substituents is 1. The Morgan fingerprint density at radius 3 is 2.73 bits per heavy atom. The summed E-state index contributed by atoms with van der Waals surface area (Å²) in [7, 11) is 1.78. The highest BCUT2D eigenvalue weighted by Crippen LogP contribution is 2.20. The molecule has 9 nitrogen and oxygen atoms in total. The first-order chi connectivity index (χ1) is 12.0. The van der Waals surface area contributed by atoms with Crippen LogP contribution in [-0.2, 0) is 0 Å². The van der Waals surface area contributed by atoms with Crippen LogP contribution in [0.1, 0.15) is 29.0 Å². The Morgan fingerprint density at radius 1 is 1.38 bits per heavy atom. The number of nitrogens with zero attached hydrogens (tertiary/aromatic N) is 5. The van der Waals surface area contributed by atoms with Crippen LogP contribution in [0.5, 0.6) is 0 Å². The van der Waals surface area contributed by atoms with Gasteiger partial charge in [-0.15, -0.1) is 17.5 Å². The lowest BCUT2D eigenvalue weighted by Crippen LogP contribution is -2.44. The highest BCUT2D eigenvalue weighted by Gasteiger charge is 2.27. The van der Waals surface area contributed by atoms with Crippen molar-refractivity contribution in [3.63, 3.8) is 0 Å². The molecule has 1 saturated heterocycles. The molecular formula is C16H21ClN6O3. The van der Waals surface area contributed by atoms with Crippen LogP contribution in [-0.4, -0.2) is 56.9 Å². The van der Waals surface area contributed by atoms with Gasteiger partial charge in [-0.1, -0.05) is 11.3 Å². The molecule has 26 heavy (non-hydrogen) atoms. The summed E-state index contributed by atoms with van der Waals surface area (Å²) in [5.74, 6) is -0.180. The van der Waals surface area contributed by atoms with E-state index >= 15 is 0 Å². The number of halogens is 1. The fraction of sp³-hybridized carbons (Fsp3) is 0.438. The van der Waals surface area contributed by atoms with Crippen molar-refractivity contribution in [1.82, 2.24) is 25.2 Å². The van der Waals surface area contributed by atoms with Crippen molar-refractivity contribution >= 4 is 24.0 Å². The molecule has 3 rings (SSSR count). The van der Waals surface area contributed by atoms with Gasteiger partial charge in [0.1, 0.15) is 0 Å². The van der Waals surface area contributed by atoms with Gasteiger partial charge < -0.3 is 10.2 Å². The molecular weight excluding hydrogens is 360 g/mol. The molecule has 2 heterocycles. The molecule has 1 aromatic carbocycles. The SMILES string of the molecule is Cc1c(C(=O)N(C)C2CCNCC2)nnn1-c1cccc([N+](=O)[O-])c1.Cl. The minimum absolute atomic E-state index is 0. The molecule has 1 aliphatic rings. The molecule has 10 heteroatoms. The van der Waals surface area contributed by atoms with Crippen molar-refractivity contribution in [3.05, 3.63) is 45.8 Å². The number of piperidine rings is 1. The first-order valence-electron chi connectivity index (χ1n) is 8.14. The zero-order valence-corrected chi connectivity index (χ0v) is 15.4. The van der Waals surface area contributed by atoms with Gasteiger partial charge in [0.2, 0.25) is 0 Å². The van der Waals surface area contributed by atoms with Crippen LogP contribution in [0.4, 0.5) is 5.69 Å². The van der Waals surface area contributed by atoms with Crippen LogP contribution in [0.25, 0.3) is 5.69 Å². The number of hydrogen-bond acceptors (Lipinski definition) is 6. The fourth-order valence-electron chi connectivity index (χ4n) is 3.04. The Balaban J connectivity index is 0.00000243. The van der Waals surface area contributed by atoms with E-state index in [2.05, 4.69) is 15.6 Å². The molecule has 1 N–H and O–H groups in total. The Labute approximate surface area is 156 Å². The number of rotatable bonds is 4. The number of nitrogens with one attached hydrogen (secondary N) is 1. The molecule has 0 unspecified atom stereocenters. The summed E-state index contributed by atoms with van der Waals surface area (Å²) >= 11 is 0. The Morgan fingerprint density at radius 2 is 2.08 bits per heavy atom. The van der Waals surface area contributed by atoms with Crippen LogP contribution in [0.15, 0.2) is 24.3 Å². The van der Waals surface area contributed by atoms with Gasteiger partial charge in [-0.2, -0.15) is 0 Å². The summed E-state index contributed by atoms with van der Waals surface area (Å²) in [5, 5.41) is 22.3. The van der Waals surface area contributed by atoms with Gasteiger partial charge in [0, 0.05) is 25.2 Å². The number of benzene rings is 1. The van der Waals surface area contributed by atoms with E-state index in [4.69, 9.17) is 0 Å². The molecule has 1 aliphatic heterocycles. The van der Waals surface area contributed by atoms with Crippen molar-refractivity contribution in [2.45, 2.75) is 25.8 Å². The van der Waals surface area contributed by atoms with Gasteiger partial charge in [-0.25, -0.2) is 4.68 Å². The Kier molecular flexibility index (Phi) is 6.27. The fourth-order valence-corrected chi connectivity index (χ4v) is 3.04. The smallest absolute Gasteiger partial charge is 0.276 e. The largest absolute Gasteiger partial charge is 0.337 e. The number of nitro groups is 1. The van der Waals surface area contributed by atoms with Gasteiger partial charge in [0.05, 0.1) is 16.3 Å². The highest BCUT2D eigenvalue weighted by atomic mass is 35.5. The molecule has 1 amide bonds. The molecule has 0 saturated carbocycles. The van der Waals surface area contributed by atoms with Crippen molar-refractivity contribution in [2.75, 3.05) is 20.1 Å². The molecule has 2 aromatic rings. The van der Waals surface area contributed by atoms with E-state index in [9.17, 15) is 14.9 Å². The van der Waals surface area contributed by atoms with E-state index in [0.717, 1.165) is 25.9 Å². The maximum Gasteiger partial charge on any atom is 0.276 e. The molecule has 1 aromatic heterocycles. The third-order valence-corrected chi connectivity index (χ3v) is 4.56. The lowest BCUT2D eigenvalue weighted by atomic mass is 10.0. The standard InChI is InChI=1S/C16H20N6O3.ClH/c1-11-15(16(23)20(2)12-6-8-17-9-7-12)18-19-21(11)13-4-3-5-14(10-13)22(24)25;/h3-5,10,12,17H,6-9H2,1-2H3;1H. The summed E-state index contributed by atoms with van der Waals surface area (Å²) in [6.45, 7) is 3.52. The lowest BCUT2D eigenvalue weighted by Gasteiger charge is -2.31. The average Bonchev–Trinajstić information content (AvgIpc) is 3.02. The summed E-state index contributed by atoms with van der Waals surface area (Å²) in [5.41, 5.74) is 1.30. The predicted octanol–water partition coefficient (Wildman–Crippen LogP) is 1.73. The van der Waals surface area contributed by atoms with Gasteiger partial charge in [0.25, 0.3) is 11.6 Å². The summed E-state index contributed by atoms with van der Waals surface area (Å²) < 4.78 is 1.45. The molecule has 0 radical (unpaired) electrons. The van der Waals surface area contributed by atoms with Crippen LogP contribution >= 0.6 is 12.4 Å². The van der Waals surface area contributed by atoms with Crippen LogP contribution < -0.4 is 5.32 Å². The van der Waals surface area contributed by atoms with Crippen molar-refractivity contribution in [3.8, 4) is 5.69 Å². The number of carbonyl (C=O) groups is 1. The van der Waals surface area contributed by atoms with Crippen molar-refractivity contribution in [2.24, 2.45) is 0 Å². The lowest BCUT2D eigenvalue weighted by molar-refractivity contribution is -0.384. The zero-order chi connectivity index (χ0) is 18.0. The van der Waals surface area contributed by atoms with E-state index in [1.165, 1.54) is 16.8 Å². The Hall–Kier alpha value is -2.52. The summed E-state index contributed by atoms with van der Waals surface area (Å²) in [6.07, 6.45) is 1.81. The van der Waals surface area contributed by atoms with E-state index < -0.39 is 4.92 Å². The van der Waals surface area contributed by atoms with Gasteiger partial charge in [-0.3, -0.25) is 14.9 Å². The number of amides is 1. The van der Waals surface area contributed by atoms with Crippen LogP contribution in [0, 0.1) is 17.0 Å². The van der Waals surface area contributed by atoms with E-state index in [1.807, 2.05) is 0 Å². The van der Waals surface area contributed by atoms with Gasteiger partial charge in [0.15, 0.2) is 5.69 Å². The third-order valence-electron chi connectivity index (χ3n) is 4.56. The number of nitro benzene ring substituents is 1. The molecule has 0 bridgehead atoms. The van der Waals surface area contributed by atoms with E-state index in [-0.39, 0.29) is 35.7 Å². The topological polar surface area (TPSA) is 106 Å². The molecule has 140 valence electrons. The summed E-state index contributed by atoms with van der Waals surface area (Å²) in [6, 6.07) is 6.27. The second-order valence-electron chi connectivity index (χ2n) is 6.11. The first kappa shape index (κ1) is 19.8. The van der Waals surface area contributed by atoms with Crippen molar-refractivity contribution < 1.29 is 9.72 Å². The maximum absolute atomic E-state index is 12.8. The van der Waals surface area contributed by atoms with Gasteiger partial charge >= 0.3 is 0 Å². The normalized spacial score (nSPS) is 14.5. The Bertz CT molecular complexity index is 803. The zero-order valence-electron chi connectivity index (χ0n) is 14.6. The maximum atomic E-state index is 12.8. The molecule has 0 atom stereocenters. The molecule has 1 fully saturated rings. The molecule has 0 spiro atoms. The first-order valence-corrected chi connectivity index (χ1v) is 8.14. The predicted molar refractivity (Wildman–Crippen MR) is 98.0 cm³/mol. The monoisotopic (exact) mass is 380 g/mol. The minimum atomic E-state index is -0.466. The molecule has 0 aliphatic carbocycles. The quantitative estimate of drug-likeness (QED) is 0.639. The number of hydrogen-bond donors (Lipinski definition) is 1.